The third-order valence-corrected chi connectivity index (χ3v) is 4.25. The number of hydrogen-bond acceptors (Lipinski definition) is 3. The number of H-pyrrole nitrogens is 1. The molecule has 0 aliphatic carbocycles. The zero-order valence-corrected chi connectivity index (χ0v) is 12.0. The number of aliphatic hydroxyl groups excluding tert-OH is 1. The first-order valence-electron chi connectivity index (χ1n) is 7.49. The lowest BCUT2D eigenvalue weighted by Crippen LogP contribution is -2.35. The van der Waals surface area contributed by atoms with E-state index < -0.39 is 0 Å². The molecule has 0 spiro atoms. The number of nitrogens with two attached hydrogens (primary N) is 1. The van der Waals surface area contributed by atoms with Gasteiger partial charge in [-0.2, -0.15) is 0 Å². The van der Waals surface area contributed by atoms with Crippen molar-refractivity contribution in [3.8, 4) is 0 Å². The Labute approximate surface area is 123 Å². The first-order valence-corrected chi connectivity index (χ1v) is 7.49. The number of likely N-dealkylation sites (tertiary alicyclic amines) is 1. The number of hydrogen-bond donors (Lipinski definition) is 3. The number of carbonyl (C=O) groups excluding carboxylic acids is 1. The van der Waals surface area contributed by atoms with Gasteiger partial charge in [0.2, 0.25) is 0 Å². The number of carbonyl (C=O) groups is 1. The Balaban J connectivity index is 1.84. The van der Waals surface area contributed by atoms with Crippen LogP contribution >= 0.6 is 0 Å². The molecule has 0 radical (unpaired) electrons. The minimum Gasteiger partial charge on any atom is -0.397 e. The fourth-order valence-electron chi connectivity index (χ4n) is 3.18. The van der Waals surface area contributed by atoms with Gasteiger partial charge in [0.25, 0.3) is 5.91 Å². The van der Waals surface area contributed by atoms with E-state index in [-0.39, 0.29) is 18.6 Å². The van der Waals surface area contributed by atoms with Gasteiger partial charge < -0.3 is 20.7 Å². The maximum absolute atomic E-state index is 12.7. The van der Waals surface area contributed by atoms with E-state index in [1.54, 1.807) is 0 Å². The molecule has 1 aromatic heterocycles. The fourth-order valence-corrected chi connectivity index (χ4v) is 3.18. The highest BCUT2D eigenvalue weighted by Crippen LogP contribution is 2.26. The summed E-state index contributed by atoms with van der Waals surface area (Å²) in [6, 6.07) is 7.78. The van der Waals surface area contributed by atoms with Crippen molar-refractivity contribution in [1.29, 1.82) is 0 Å². The molecule has 1 aromatic carbocycles. The molecule has 1 saturated heterocycles. The minimum absolute atomic E-state index is 0.0334. The second-order valence-corrected chi connectivity index (χ2v) is 5.65. The van der Waals surface area contributed by atoms with Crippen molar-refractivity contribution in [3.63, 3.8) is 0 Å². The van der Waals surface area contributed by atoms with E-state index >= 15 is 0 Å². The van der Waals surface area contributed by atoms with Crippen molar-refractivity contribution in [2.75, 3.05) is 18.9 Å². The highest BCUT2D eigenvalue weighted by atomic mass is 16.3. The molecule has 2 aromatic rings. The van der Waals surface area contributed by atoms with Crippen LogP contribution in [0.25, 0.3) is 10.9 Å². The van der Waals surface area contributed by atoms with Crippen LogP contribution in [0.4, 0.5) is 5.69 Å². The molecule has 3 rings (SSSR count). The largest absolute Gasteiger partial charge is 0.397 e. The van der Waals surface area contributed by atoms with Gasteiger partial charge in [0.1, 0.15) is 5.69 Å². The van der Waals surface area contributed by atoms with E-state index in [2.05, 4.69) is 4.98 Å². The van der Waals surface area contributed by atoms with Gasteiger partial charge in [-0.1, -0.05) is 12.1 Å². The van der Waals surface area contributed by atoms with Crippen LogP contribution < -0.4 is 5.73 Å². The van der Waals surface area contributed by atoms with Crippen LogP contribution in [-0.2, 0) is 0 Å². The Morgan fingerprint density at radius 1 is 1.48 bits per heavy atom. The van der Waals surface area contributed by atoms with Gasteiger partial charge in [0, 0.05) is 24.6 Å². The SMILES string of the molecule is Nc1cccc2cc(C(=O)N3CCCC3CCCO)[nH]c12. The van der Waals surface area contributed by atoms with E-state index in [0.29, 0.717) is 11.4 Å². The summed E-state index contributed by atoms with van der Waals surface area (Å²) in [5, 5.41) is 9.93. The summed E-state index contributed by atoms with van der Waals surface area (Å²) in [6.45, 7) is 0.973. The van der Waals surface area contributed by atoms with Gasteiger partial charge >= 0.3 is 0 Å². The number of para-hydroxylation sites is 1. The Hall–Kier alpha value is -2.01. The number of benzene rings is 1. The van der Waals surface area contributed by atoms with E-state index in [4.69, 9.17) is 10.8 Å². The van der Waals surface area contributed by atoms with Gasteiger partial charge in [-0.3, -0.25) is 4.79 Å². The quantitative estimate of drug-likeness (QED) is 0.753. The highest BCUT2D eigenvalue weighted by molar-refractivity contribution is 6.01. The molecular weight excluding hydrogens is 266 g/mol. The number of nitrogens with one attached hydrogen (secondary N) is 1. The van der Waals surface area contributed by atoms with Crippen molar-refractivity contribution in [1.82, 2.24) is 9.88 Å². The molecule has 0 bridgehead atoms. The number of nitrogens with zero attached hydrogens (tertiary/aromatic N) is 1. The van der Waals surface area contributed by atoms with Gasteiger partial charge in [-0.05, 0) is 37.8 Å². The molecule has 112 valence electrons. The average Bonchev–Trinajstić information content (AvgIpc) is 3.11. The van der Waals surface area contributed by atoms with E-state index in [0.717, 1.165) is 43.1 Å². The number of anilines is 1. The van der Waals surface area contributed by atoms with Crippen LogP contribution in [0.1, 0.15) is 36.2 Å². The van der Waals surface area contributed by atoms with E-state index in [1.807, 2.05) is 29.2 Å². The fraction of sp³-hybridized carbons (Fsp3) is 0.438. The van der Waals surface area contributed by atoms with Crippen LogP contribution in [0, 0.1) is 0 Å². The average molecular weight is 287 g/mol. The second-order valence-electron chi connectivity index (χ2n) is 5.65. The molecule has 1 fully saturated rings. The molecule has 0 saturated carbocycles. The minimum atomic E-state index is 0.0334. The summed E-state index contributed by atoms with van der Waals surface area (Å²) in [6.07, 6.45) is 3.66. The zero-order valence-electron chi connectivity index (χ0n) is 12.0. The lowest BCUT2D eigenvalue weighted by atomic mass is 10.1. The molecule has 21 heavy (non-hydrogen) atoms. The number of aromatic nitrogens is 1. The van der Waals surface area contributed by atoms with E-state index in [1.165, 1.54) is 0 Å². The van der Waals surface area contributed by atoms with Crippen molar-refractivity contribution in [3.05, 3.63) is 30.0 Å². The number of aliphatic hydroxyl groups is 1. The Bertz CT molecular complexity index is 650. The summed E-state index contributed by atoms with van der Waals surface area (Å²) in [7, 11) is 0. The van der Waals surface area contributed by atoms with Crippen LogP contribution in [0.3, 0.4) is 0 Å². The molecule has 1 amide bonds. The van der Waals surface area contributed by atoms with Crippen LogP contribution in [-0.4, -0.2) is 40.1 Å². The van der Waals surface area contributed by atoms with Crippen molar-refractivity contribution in [2.24, 2.45) is 0 Å². The van der Waals surface area contributed by atoms with Crippen molar-refractivity contribution < 1.29 is 9.90 Å². The summed E-state index contributed by atoms with van der Waals surface area (Å²) in [4.78, 5) is 17.8. The molecule has 5 nitrogen and oxygen atoms in total. The maximum atomic E-state index is 12.7. The first kappa shape index (κ1) is 13.9. The standard InChI is InChI=1S/C16H21N3O2/c17-13-7-1-4-11-10-14(18-15(11)13)16(21)19-8-2-5-12(19)6-3-9-20/h1,4,7,10,12,18,20H,2-3,5-6,8-9,17H2. The predicted molar refractivity (Wildman–Crippen MR) is 83.1 cm³/mol. The maximum Gasteiger partial charge on any atom is 0.270 e. The van der Waals surface area contributed by atoms with Gasteiger partial charge in [0.05, 0.1) is 11.2 Å². The number of fused-ring (bicyclic) bond motifs is 1. The summed E-state index contributed by atoms with van der Waals surface area (Å²) in [5.41, 5.74) is 8.01. The molecule has 4 N–H and O–H groups in total. The number of nitrogen functional groups attached to an aromatic ring is 1. The molecule has 1 unspecified atom stereocenters. The number of rotatable bonds is 4. The molecule has 1 aliphatic heterocycles. The van der Waals surface area contributed by atoms with Gasteiger partial charge in [0.15, 0.2) is 0 Å². The monoisotopic (exact) mass is 287 g/mol. The summed E-state index contributed by atoms with van der Waals surface area (Å²) < 4.78 is 0. The first-order chi connectivity index (χ1) is 10.2. The predicted octanol–water partition coefficient (Wildman–Crippen LogP) is 2.13. The number of aromatic amines is 1. The smallest absolute Gasteiger partial charge is 0.270 e. The molecule has 2 heterocycles. The van der Waals surface area contributed by atoms with Crippen LogP contribution in [0.2, 0.25) is 0 Å². The second kappa shape index (κ2) is 5.77. The Kier molecular flexibility index (Phi) is 3.84. The van der Waals surface area contributed by atoms with E-state index in [9.17, 15) is 4.79 Å². The molecule has 1 atom stereocenters. The van der Waals surface area contributed by atoms with Crippen molar-refractivity contribution >= 4 is 22.5 Å². The summed E-state index contributed by atoms with van der Waals surface area (Å²) >= 11 is 0. The lowest BCUT2D eigenvalue weighted by Gasteiger charge is -2.24. The molecule has 1 aliphatic rings. The van der Waals surface area contributed by atoms with Gasteiger partial charge in [-0.25, -0.2) is 0 Å². The van der Waals surface area contributed by atoms with Crippen molar-refractivity contribution in [2.45, 2.75) is 31.7 Å². The Morgan fingerprint density at radius 3 is 3.10 bits per heavy atom. The van der Waals surface area contributed by atoms with Gasteiger partial charge in [-0.15, -0.1) is 0 Å². The molecule has 5 heteroatoms. The third-order valence-electron chi connectivity index (χ3n) is 4.25. The molecular formula is C16H21N3O2. The Morgan fingerprint density at radius 2 is 2.33 bits per heavy atom. The zero-order chi connectivity index (χ0) is 14.8. The topological polar surface area (TPSA) is 82.3 Å². The third kappa shape index (κ3) is 2.61. The van der Waals surface area contributed by atoms with Crippen LogP contribution in [0.5, 0.6) is 0 Å². The highest BCUT2D eigenvalue weighted by Gasteiger charge is 2.29. The lowest BCUT2D eigenvalue weighted by molar-refractivity contribution is 0.0719. The summed E-state index contributed by atoms with van der Waals surface area (Å²) in [5.74, 6) is 0.0334. The number of amides is 1. The normalized spacial score (nSPS) is 18.5. The van der Waals surface area contributed by atoms with Crippen LogP contribution in [0.15, 0.2) is 24.3 Å².